The second kappa shape index (κ2) is 8.32. The van der Waals surface area contributed by atoms with Gasteiger partial charge in [0.25, 0.3) is 0 Å². The summed E-state index contributed by atoms with van der Waals surface area (Å²) in [7, 11) is 1.51. The molecule has 5 nitrogen and oxygen atoms in total. The van der Waals surface area contributed by atoms with Crippen molar-refractivity contribution in [2.45, 2.75) is 19.5 Å². The molecule has 4 rings (SSSR count). The molecule has 0 aromatic heterocycles. The lowest BCUT2D eigenvalue weighted by atomic mass is 10.1. The van der Waals surface area contributed by atoms with Crippen molar-refractivity contribution < 1.29 is 28.1 Å². The van der Waals surface area contributed by atoms with Gasteiger partial charge in [0.2, 0.25) is 6.29 Å². The highest BCUT2D eigenvalue weighted by Crippen LogP contribution is 2.37. The predicted molar refractivity (Wildman–Crippen MR) is 104 cm³/mol. The number of ether oxygens (including phenoxy) is 4. The number of benzene rings is 3. The first kappa shape index (κ1) is 19.0. The smallest absolute Gasteiger partial charge is 0.227 e. The Morgan fingerprint density at radius 3 is 2.69 bits per heavy atom. The third kappa shape index (κ3) is 4.07. The Balaban J connectivity index is 1.61. The maximum absolute atomic E-state index is 14.1. The quantitative estimate of drug-likeness (QED) is 0.561. The molecule has 3 aromatic carbocycles. The summed E-state index contributed by atoms with van der Waals surface area (Å²) in [4.78, 5) is 11.1. The van der Waals surface area contributed by atoms with E-state index < -0.39 is 12.1 Å². The van der Waals surface area contributed by atoms with Gasteiger partial charge in [0.1, 0.15) is 24.5 Å². The van der Waals surface area contributed by atoms with Crippen LogP contribution in [0.15, 0.2) is 60.7 Å². The van der Waals surface area contributed by atoms with Crippen LogP contribution in [0.25, 0.3) is 0 Å². The Morgan fingerprint density at radius 2 is 1.93 bits per heavy atom. The van der Waals surface area contributed by atoms with Crippen molar-refractivity contribution in [3.63, 3.8) is 0 Å². The lowest BCUT2D eigenvalue weighted by Gasteiger charge is -2.28. The minimum Gasteiger partial charge on any atom is -0.493 e. The SMILES string of the molecule is COc1ccc(C=O)cc1OCc1cc(F)cc2c1O[C@H](c1ccccc1)OC2. The lowest BCUT2D eigenvalue weighted by Crippen LogP contribution is -2.19. The predicted octanol–water partition coefficient (Wildman–Crippen LogP) is 4.83. The first-order chi connectivity index (χ1) is 14.2. The van der Waals surface area contributed by atoms with E-state index in [1.807, 2.05) is 30.3 Å². The highest BCUT2D eigenvalue weighted by atomic mass is 19.1. The van der Waals surface area contributed by atoms with Gasteiger partial charge < -0.3 is 18.9 Å². The van der Waals surface area contributed by atoms with Crippen molar-refractivity contribution in [3.8, 4) is 17.2 Å². The molecule has 0 amide bonds. The fourth-order valence-electron chi connectivity index (χ4n) is 3.19. The van der Waals surface area contributed by atoms with Crippen molar-refractivity contribution in [2.24, 2.45) is 0 Å². The zero-order valence-electron chi connectivity index (χ0n) is 15.8. The summed E-state index contributed by atoms with van der Waals surface area (Å²) in [6, 6.07) is 17.2. The summed E-state index contributed by atoms with van der Waals surface area (Å²) >= 11 is 0. The molecule has 0 unspecified atom stereocenters. The molecule has 29 heavy (non-hydrogen) atoms. The topological polar surface area (TPSA) is 54.0 Å². The number of carbonyl (C=O) groups excluding carboxylic acids is 1. The Bertz CT molecular complexity index is 1020. The van der Waals surface area contributed by atoms with Crippen LogP contribution >= 0.6 is 0 Å². The van der Waals surface area contributed by atoms with E-state index in [0.29, 0.717) is 33.9 Å². The number of hydrogen-bond acceptors (Lipinski definition) is 5. The number of carbonyl (C=O) groups is 1. The average Bonchev–Trinajstić information content (AvgIpc) is 2.77. The van der Waals surface area contributed by atoms with Crippen molar-refractivity contribution in [2.75, 3.05) is 7.11 Å². The van der Waals surface area contributed by atoms with E-state index in [-0.39, 0.29) is 13.2 Å². The van der Waals surface area contributed by atoms with E-state index >= 15 is 0 Å². The third-order valence-corrected chi connectivity index (χ3v) is 4.60. The van der Waals surface area contributed by atoms with Crippen molar-refractivity contribution in [1.82, 2.24) is 0 Å². The Morgan fingerprint density at radius 1 is 1.10 bits per heavy atom. The standard InChI is InChI=1S/C23H19FO5/c1-26-20-8-7-15(12-25)9-21(20)27-13-17-10-19(24)11-18-14-28-23(29-22(17)18)16-5-3-2-4-6-16/h2-12,23H,13-14H2,1H3/t23-/m1/s1. The first-order valence-corrected chi connectivity index (χ1v) is 9.08. The van der Waals surface area contributed by atoms with Crippen LogP contribution in [0.2, 0.25) is 0 Å². The summed E-state index contributed by atoms with van der Waals surface area (Å²) in [5.41, 5.74) is 2.48. The molecule has 0 bridgehead atoms. The normalized spacial score (nSPS) is 15.2. The Kier molecular flexibility index (Phi) is 5.44. The molecule has 1 aliphatic heterocycles. The van der Waals surface area contributed by atoms with Crippen LogP contribution in [-0.2, 0) is 18.0 Å². The molecule has 3 aromatic rings. The number of methoxy groups -OCH3 is 1. The summed E-state index contributed by atoms with van der Waals surface area (Å²) in [5, 5.41) is 0. The van der Waals surface area contributed by atoms with Crippen LogP contribution in [0.4, 0.5) is 4.39 Å². The third-order valence-electron chi connectivity index (χ3n) is 4.60. The number of aldehydes is 1. The van der Waals surface area contributed by atoms with Gasteiger partial charge in [-0.2, -0.15) is 0 Å². The monoisotopic (exact) mass is 394 g/mol. The molecule has 148 valence electrons. The molecule has 0 spiro atoms. The van der Waals surface area contributed by atoms with E-state index in [2.05, 4.69) is 0 Å². The van der Waals surface area contributed by atoms with E-state index in [1.165, 1.54) is 19.2 Å². The van der Waals surface area contributed by atoms with Crippen LogP contribution in [0.1, 0.15) is 33.3 Å². The van der Waals surface area contributed by atoms with E-state index in [0.717, 1.165) is 11.8 Å². The molecule has 1 heterocycles. The second-order valence-corrected chi connectivity index (χ2v) is 6.54. The molecule has 0 fully saturated rings. The maximum Gasteiger partial charge on any atom is 0.227 e. The van der Waals surface area contributed by atoms with E-state index in [4.69, 9.17) is 18.9 Å². The summed E-state index contributed by atoms with van der Waals surface area (Å²) in [6.45, 7) is 0.268. The second-order valence-electron chi connectivity index (χ2n) is 6.54. The fourth-order valence-corrected chi connectivity index (χ4v) is 3.19. The van der Waals surface area contributed by atoms with Gasteiger partial charge in [-0.1, -0.05) is 30.3 Å². The highest BCUT2D eigenvalue weighted by Gasteiger charge is 2.25. The average molecular weight is 394 g/mol. The van der Waals surface area contributed by atoms with Gasteiger partial charge in [-0.05, 0) is 30.3 Å². The van der Waals surface area contributed by atoms with E-state index in [1.54, 1.807) is 18.2 Å². The Labute approximate surface area is 167 Å². The van der Waals surface area contributed by atoms with Crippen LogP contribution < -0.4 is 14.2 Å². The molecule has 6 heteroatoms. The minimum atomic E-state index is -0.583. The van der Waals surface area contributed by atoms with Gasteiger partial charge in [-0.25, -0.2) is 4.39 Å². The molecule has 0 radical (unpaired) electrons. The molecule has 1 aliphatic rings. The van der Waals surface area contributed by atoms with Crippen LogP contribution in [0, 0.1) is 5.82 Å². The van der Waals surface area contributed by atoms with Crippen molar-refractivity contribution in [3.05, 3.63) is 88.7 Å². The highest BCUT2D eigenvalue weighted by molar-refractivity contribution is 5.76. The summed E-state index contributed by atoms with van der Waals surface area (Å²) in [5.74, 6) is 1.01. The lowest BCUT2D eigenvalue weighted by molar-refractivity contribution is -0.112. The molecule has 1 atom stereocenters. The van der Waals surface area contributed by atoms with Crippen LogP contribution in [0.3, 0.4) is 0 Å². The van der Waals surface area contributed by atoms with Crippen molar-refractivity contribution >= 4 is 6.29 Å². The fraction of sp³-hybridized carbons (Fsp3) is 0.174. The number of hydrogen-bond donors (Lipinski definition) is 0. The minimum absolute atomic E-state index is 0.0419. The van der Waals surface area contributed by atoms with Gasteiger partial charge in [0, 0.05) is 22.3 Å². The number of fused-ring (bicyclic) bond motifs is 1. The summed E-state index contributed by atoms with van der Waals surface area (Å²) in [6.07, 6.45) is 0.141. The zero-order valence-corrected chi connectivity index (χ0v) is 15.8. The molecule has 0 aliphatic carbocycles. The number of halogens is 1. The number of rotatable bonds is 6. The van der Waals surface area contributed by atoms with Crippen molar-refractivity contribution in [1.29, 1.82) is 0 Å². The molecule has 0 saturated carbocycles. The largest absolute Gasteiger partial charge is 0.493 e. The molecular formula is C23H19FO5. The maximum atomic E-state index is 14.1. The first-order valence-electron chi connectivity index (χ1n) is 9.08. The molecule has 0 saturated heterocycles. The summed E-state index contributed by atoms with van der Waals surface area (Å²) < 4.78 is 37.0. The van der Waals surface area contributed by atoms with Gasteiger partial charge >= 0.3 is 0 Å². The van der Waals surface area contributed by atoms with E-state index in [9.17, 15) is 9.18 Å². The molecular weight excluding hydrogens is 375 g/mol. The molecule has 0 N–H and O–H groups in total. The zero-order chi connectivity index (χ0) is 20.2. The van der Waals surface area contributed by atoms with Crippen LogP contribution in [0.5, 0.6) is 17.2 Å². The Hall–Kier alpha value is -3.38. The van der Waals surface area contributed by atoms with Gasteiger partial charge in [0.05, 0.1) is 13.7 Å². The van der Waals surface area contributed by atoms with Gasteiger partial charge in [-0.3, -0.25) is 4.79 Å². The van der Waals surface area contributed by atoms with Gasteiger partial charge in [-0.15, -0.1) is 0 Å². The van der Waals surface area contributed by atoms with Gasteiger partial charge in [0.15, 0.2) is 11.5 Å². The van der Waals surface area contributed by atoms with Crippen LogP contribution in [-0.4, -0.2) is 13.4 Å².